The number of anilines is 2. The zero-order valence-electron chi connectivity index (χ0n) is 13.6. The minimum Gasteiger partial charge on any atom is -0.372 e. The van der Waals surface area contributed by atoms with Crippen LogP contribution in [0.5, 0.6) is 0 Å². The molecule has 2 aromatic rings. The first kappa shape index (κ1) is 15.5. The smallest absolute Gasteiger partial charge is 0.270 e. The van der Waals surface area contributed by atoms with Gasteiger partial charge >= 0.3 is 0 Å². The van der Waals surface area contributed by atoms with E-state index in [-0.39, 0.29) is 17.8 Å². The quantitative estimate of drug-likeness (QED) is 0.936. The van der Waals surface area contributed by atoms with Gasteiger partial charge in [0.05, 0.1) is 0 Å². The third kappa shape index (κ3) is 3.70. The van der Waals surface area contributed by atoms with Gasteiger partial charge in [0.2, 0.25) is 5.89 Å². The van der Waals surface area contributed by atoms with Crippen LogP contribution in [0.25, 0.3) is 0 Å². The maximum absolute atomic E-state index is 12.2. The Morgan fingerprint density at radius 3 is 2.48 bits per heavy atom. The molecule has 0 aliphatic carbocycles. The molecule has 0 radical (unpaired) electrons. The molecule has 0 saturated carbocycles. The van der Waals surface area contributed by atoms with Crippen molar-refractivity contribution < 1.29 is 9.32 Å². The summed E-state index contributed by atoms with van der Waals surface area (Å²) in [5.41, 5.74) is 1.75. The number of benzene rings is 1. The predicted molar refractivity (Wildman–Crippen MR) is 88.8 cm³/mol. The van der Waals surface area contributed by atoms with Crippen molar-refractivity contribution in [2.45, 2.75) is 39.0 Å². The number of hydrogen-bond acceptors (Lipinski definition) is 5. The highest BCUT2D eigenvalue weighted by Crippen LogP contribution is 2.20. The van der Waals surface area contributed by atoms with Crippen molar-refractivity contribution in [2.75, 3.05) is 23.3 Å². The number of nitrogens with zero attached hydrogens (tertiary/aromatic N) is 3. The fraction of sp³-hybridized carbons (Fsp3) is 0.471. The molecule has 1 fully saturated rings. The van der Waals surface area contributed by atoms with Gasteiger partial charge in [-0.2, -0.15) is 4.98 Å². The van der Waals surface area contributed by atoms with Gasteiger partial charge < -0.3 is 9.42 Å². The van der Waals surface area contributed by atoms with Crippen molar-refractivity contribution in [3.05, 3.63) is 35.7 Å². The fourth-order valence-electron chi connectivity index (χ4n) is 2.67. The lowest BCUT2D eigenvalue weighted by Crippen LogP contribution is -2.29. The van der Waals surface area contributed by atoms with Crippen molar-refractivity contribution in [3.63, 3.8) is 0 Å². The molecule has 1 N–H and O–H groups in total. The van der Waals surface area contributed by atoms with Gasteiger partial charge in [-0.3, -0.25) is 10.1 Å². The summed E-state index contributed by atoms with van der Waals surface area (Å²) < 4.78 is 5.08. The standard InChI is InChI=1S/C17H22N4O2/c1-12(2)16-19-17(20-23-16)18-15(22)13-6-8-14(9-7-13)21-10-4-3-5-11-21/h6-9,12H,3-5,10-11H2,1-2H3,(H,18,20,22). The number of piperidine rings is 1. The van der Waals surface area contributed by atoms with Gasteiger partial charge in [0.25, 0.3) is 11.9 Å². The first-order valence-corrected chi connectivity index (χ1v) is 8.13. The molecule has 1 amide bonds. The summed E-state index contributed by atoms with van der Waals surface area (Å²) in [6.45, 7) is 6.09. The van der Waals surface area contributed by atoms with E-state index in [0.29, 0.717) is 11.5 Å². The Labute approximate surface area is 135 Å². The Morgan fingerprint density at radius 2 is 1.87 bits per heavy atom. The molecule has 23 heavy (non-hydrogen) atoms. The molecular formula is C17H22N4O2. The molecule has 3 rings (SSSR count). The number of amides is 1. The molecule has 1 aromatic heterocycles. The van der Waals surface area contributed by atoms with E-state index >= 15 is 0 Å². The summed E-state index contributed by atoms with van der Waals surface area (Å²) in [6.07, 6.45) is 3.77. The van der Waals surface area contributed by atoms with Gasteiger partial charge in [-0.15, -0.1) is 0 Å². The lowest BCUT2D eigenvalue weighted by molar-refractivity contribution is 0.102. The van der Waals surface area contributed by atoms with Crippen LogP contribution in [0, 0.1) is 0 Å². The summed E-state index contributed by atoms with van der Waals surface area (Å²) in [5, 5.41) is 6.43. The van der Waals surface area contributed by atoms with Gasteiger partial charge in [0.1, 0.15) is 0 Å². The predicted octanol–water partition coefficient (Wildman–Crippen LogP) is 3.44. The van der Waals surface area contributed by atoms with Crippen LogP contribution >= 0.6 is 0 Å². The van der Waals surface area contributed by atoms with Crippen molar-refractivity contribution in [2.24, 2.45) is 0 Å². The highest BCUT2D eigenvalue weighted by atomic mass is 16.5. The highest BCUT2D eigenvalue weighted by molar-refractivity contribution is 6.03. The molecule has 6 nitrogen and oxygen atoms in total. The van der Waals surface area contributed by atoms with Gasteiger partial charge in [0.15, 0.2) is 0 Å². The molecule has 6 heteroatoms. The minimum atomic E-state index is -0.230. The minimum absolute atomic E-state index is 0.136. The monoisotopic (exact) mass is 314 g/mol. The number of rotatable bonds is 4. The van der Waals surface area contributed by atoms with E-state index in [0.717, 1.165) is 13.1 Å². The molecule has 0 atom stereocenters. The lowest BCUT2D eigenvalue weighted by atomic mass is 10.1. The van der Waals surface area contributed by atoms with Crippen LogP contribution in [-0.4, -0.2) is 29.1 Å². The van der Waals surface area contributed by atoms with Crippen LogP contribution in [0.4, 0.5) is 11.6 Å². The first-order valence-electron chi connectivity index (χ1n) is 8.13. The van der Waals surface area contributed by atoms with Crippen molar-refractivity contribution in [3.8, 4) is 0 Å². The zero-order chi connectivity index (χ0) is 16.2. The summed E-state index contributed by atoms with van der Waals surface area (Å²) in [6, 6.07) is 7.66. The summed E-state index contributed by atoms with van der Waals surface area (Å²) in [4.78, 5) is 18.7. The average molecular weight is 314 g/mol. The average Bonchev–Trinajstić information content (AvgIpc) is 3.04. The van der Waals surface area contributed by atoms with E-state index in [4.69, 9.17) is 4.52 Å². The molecular weight excluding hydrogens is 292 g/mol. The van der Waals surface area contributed by atoms with E-state index in [2.05, 4.69) is 20.4 Å². The van der Waals surface area contributed by atoms with Gasteiger partial charge in [0, 0.05) is 30.3 Å². The van der Waals surface area contributed by atoms with E-state index in [1.54, 1.807) is 0 Å². The van der Waals surface area contributed by atoms with Crippen LogP contribution in [0.1, 0.15) is 55.3 Å². The molecule has 0 unspecified atom stereocenters. The Bertz CT molecular complexity index is 657. The fourth-order valence-corrected chi connectivity index (χ4v) is 2.67. The second-order valence-electron chi connectivity index (χ2n) is 6.16. The Kier molecular flexibility index (Phi) is 4.60. The Balaban J connectivity index is 1.64. The number of nitrogens with one attached hydrogen (secondary N) is 1. The molecule has 122 valence electrons. The Morgan fingerprint density at radius 1 is 1.17 bits per heavy atom. The number of hydrogen-bond donors (Lipinski definition) is 1. The topological polar surface area (TPSA) is 71.3 Å². The number of carbonyl (C=O) groups excluding carboxylic acids is 1. The first-order chi connectivity index (χ1) is 11.1. The molecule has 0 spiro atoms. The van der Waals surface area contributed by atoms with E-state index in [1.807, 2.05) is 38.1 Å². The summed E-state index contributed by atoms with van der Waals surface area (Å²) in [5.74, 6) is 0.628. The maximum Gasteiger partial charge on any atom is 0.270 e. The third-order valence-corrected chi connectivity index (χ3v) is 4.01. The maximum atomic E-state index is 12.2. The van der Waals surface area contributed by atoms with E-state index in [9.17, 15) is 4.79 Å². The van der Waals surface area contributed by atoms with Crippen LogP contribution in [0.2, 0.25) is 0 Å². The number of carbonyl (C=O) groups is 1. The van der Waals surface area contributed by atoms with Crippen LogP contribution in [-0.2, 0) is 0 Å². The van der Waals surface area contributed by atoms with Crippen LogP contribution in [0.15, 0.2) is 28.8 Å². The normalized spacial score (nSPS) is 15.0. The van der Waals surface area contributed by atoms with Gasteiger partial charge in [-0.1, -0.05) is 13.8 Å². The van der Waals surface area contributed by atoms with Gasteiger partial charge in [-0.25, -0.2) is 0 Å². The molecule has 1 saturated heterocycles. The lowest BCUT2D eigenvalue weighted by Gasteiger charge is -2.28. The zero-order valence-corrected chi connectivity index (χ0v) is 13.6. The van der Waals surface area contributed by atoms with E-state index < -0.39 is 0 Å². The SMILES string of the molecule is CC(C)c1nc(NC(=O)c2ccc(N3CCCCC3)cc2)no1. The van der Waals surface area contributed by atoms with Gasteiger partial charge in [-0.05, 0) is 48.7 Å². The molecule has 1 aliphatic heterocycles. The molecule has 1 aromatic carbocycles. The molecule has 2 heterocycles. The van der Waals surface area contributed by atoms with Crippen molar-refractivity contribution in [1.29, 1.82) is 0 Å². The highest BCUT2D eigenvalue weighted by Gasteiger charge is 2.15. The number of aromatic nitrogens is 2. The molecule has 1 aliphatic rings. The third-order valence-electron chi connectivity index (χ3n) is 4.01. The van der Waals surface area contributed by atoms with Crippen molar-refractivity contribution >= 4 is 17.5 Å². The van der Waals surface area contributed by atoms with Crippen molar-refractivity contribution in [1.82, 2.24) is 10.1 Å². The van der Waals surface area contributed by atoms with E-state index in [1.165, 1.54) is 24.9 Å². The second kappa shape index (κ2) is 6.81. The second-order valence-corrected chi connectivity index (χ2v) is 6.16. The summed E-state index contributed by atoms with van der Waals surface area (Å²) in [7, 11) is 0. The molecule has 0 bridgehead atoms. The van der Waals surface area contributed by atoms with Crippen LogP contribution < -0.4 is 10.2 Å². The Hall–Kier alpha value is -2.37. The van der Waals surface area contributed by atoms with Crippen LogP contribution in [0.3, 0.4) is 0 Å². The summed E-state index contributed by atoms with van der Waals surface area (Å²) >= 11 is 0. The largest absolute Gasteiger partial charge is 0.372 e.